The Morgan fingerprint density at radius 2 is 1.81 bits per heavy atom. The number of carbonyl (C=O) groups excluding carboxylic acids is 1. The molecule has 1 aromatic rings. The molecule has 0 aromatic carbocycles. The van der Waals surface area contributed by atoms with Gasteiger partial charge in [0.05, 0.1) is 11.8 Å². The Labute approximate surface area is 257 Å². The zero-order chi connectivity index (χ0) is 31.2. The van der Waals surface area contributed by atoms with E-state index in [4.69, 9.17) is 4.74 Å². The molecule has 4 saturated carbocycles. The standard InChI is InChI=1S/C34H56N4O5/c1-21(8-7-17-38-20-23(36-37-38)19-29(30(40)41)35-31(42)43-32(2,3)4)26-11-12-27-25-10-9-22-18-24(39)13-15-33(22,5)28(25)14-16-34(26,27)6/h20-22,24-29,39H,7-19H2,1-6H3,(H,35,42)(H,40,41)/t21-,22-,24-,25?,26?,27+,28?,29?,33+,34-/m1/s1. The van der Waals surface area contributed by atoms with Gasteiger partial charge in [0.2, 0.25) is 0 Å². The van der Waals surface area contributed by atoms with Gasteiger partial charge in [-0.2, -0.15) is 0 Å². The van der Waals surface area contributed by atoms with Crippen molar-refractivity contribution >= 4 is 12.1 Å². The van der Waals surface area contributed by atoms with E-state index >= 15 is 0 Å². The molecule has 4 unspecified atom stereocenters. The van der Waals surface area contributed by atoms with Crippen LogP contribution in [0.3, 0.4) is 0 Å². The third-order valence-electron chi connectivity index (χ3n) is 12.4. The van der Waals surface area contributed by atoms with E-state index in [1.54, 1.807) is 31.6 Å². The highest BCUT2D eigenvalue weighted by Gasteiger charge is 2.60. The highest BCUT2D eigenvalue weighted by Crippen LogP contribution is 2.68. The number of aliphatic carboxylic acids is 1. The zero-order valence-corrected chi connectivity index (χ0v) is 27.3. The van der Waals surface area contributed by atoms with Gasteiger partial charge in [0.1, 0.15) is 11.6 Å². The van der Waals surface area contributed by atoms with Crippen molar-refractivity contribution in [2.24, 2.45) is 46.3 Å². The van der Waals surface area contributed by atoms with Crippen LogP contribution in [0.15, 0.2) is 6.20 Å². The highest BCUT2D eigenvalue weighted by molar-refractivity contribution is 5.80. The number of amides is 1. The summed E-state index contributed by atoms with van der Waals surface area (Å²) in [5.41, 5.74) is 0.697. The van der Waals surface area contributed by atoms with Gasteiger partial charge >= 0.3 is 12.1 Å². The summed E-state index contributed by atoms with van der Waals surface area (Å²) in [5.74, 6) is 3.54. The number of carboxylic acid groups (broad SMARTS) is 1. The van der Waals surface area contributed by atoms with Crippen molar-refractivity contribution < 1.29 is 24.5 Å². The molecule has 0 spiro atoms. The Balaban J connectivity index is 1.12. The monoisotopic (exact) mass is 600 g/mol. The van der Waals surface area contributed by atoms with Crippen molar-refractivity contribution in [1.29, 1.82) is 0 Å². The minimum Gasteiger partial charge on any atom is -0.480 e. The third kappa shape index (κ3) is 6.76. The number of carbonyl (C=O) groups is 2. The summed E-state index contributed by atoms with van der Waals surface area (Å²) in [6.45, 7) is 13.6. The first-order chi connectivity index (χ1) is 20.2. The summed E-state index contributed by atoms with van der Waals surface area (Å²) in [6.07, 6.45) is 14.5. The lowest BCUT2D eigenvalue weighted by Crippen LogP contribution is -2.54. The predicted octanol–water partition coefficient (Wildman–Crippen LogP) is 6.23. The van der Waals surface area contributed by atoms with Crippen LogP contribution >= 0.6 is 0 Å². The van der Waals surface area contributed by atoms with Crippen molar-refractivity contribution in [3.8, 4) is 0 Å². The molecule has 1 aromatic heterocycles. The molecule has 3 N–H and O–H groups in total. The number of aryl methyl sites for hydroxylation is 1. The van der Waals surface area contributed by atoms with Gasteiger partial charge in [0.15, 0.2) is 0 Å². The maximum absolute atomic E-state index is 12.1. The van der Waals surface area contributed by atoms with Crippen molar-refractivity contribution in [2.45, 2.75) is 143 Å². The van der Waals surface area contributed by atoms with Gasteiger partial charge in [-0.25, -0.2) is 9.59 Å². The van der Waals surface area contributed by atoms with Gasteiger partial charge in [0, 0.05) is 19.2 Å². The van der Waals surface area contributed by atoms with Crippen LogP contribution in [0.4, 0.5) is 4.79 Å². The molecule has 1 amide bonds. The largest absolute Gasteiger partial charge is 0.480 e. The summed E-state index contributed by atoms with van der Waals surface area (Å²) >= 11 is 0. The lowest BCUT2D eigenvalue weighted by Gasteiger charge is -2.61. The normalized spacial score (nSPS) is 37.0. The van der Waals surface area contributed by atoms with E-state index in [1.807, 2.05) is 0 Å². The molecule has 43 heavy (non-hydrogen) atoms. The number of aromatic nitrogens is 3. The Hall–Kier alpha value is -2.16. The summed E-state index contributed by atoms with van der Waals surface area (Å²) in [7, 11) is 0. The number of alkyl carbamates (subject to hydrolysis) is 1. The predicted molar refractivity (Wildman–Crippen MR) is 164 cm³/mol. The van der Waals surface area contributed by atoms with Gasteiger partial charge in [0.25, 0.3) is 0 Å². The number of ether oxygens (including phenoxy) is 1. The Morgan fingerprint density at radius 1 is 1.09 bits per heavy atom. The van der Waals surface area contributed by atoms with Crippen molar-refractivity contribution in [3.63, 3.8) is 0 Å². The molecule has 9 nitrogen and oxygen atoms in total. The average Bonchev–Trinajstić information content (AvgIpc) is 3.51. The highest BCUT2D eigenvalue weighted by atomic mass is 16.6. The SMILES string of the molecule is C[C@H](CCCn1cc(CC(NC(=O)OC(C)(C)C)C(=O)O)nn1)C1CC[C@H]2C3CC[C@@H]4C[C@H](O)CC[C@]4(C)C3CC[C@]12C. The van der Waals surface area contributed by atoms with Crippen LogP contribution in [-0.2, 0) is 22.5 Å². The van der Waals surface area contributed by atoms with Crippen LogP contribution in [0.1, 0.15) is 118 Å². The van der Waals surface area contributed by atoms with Crippen LogP contribution in [0.25, 0.3) is 0 Å². The average molecular weight is 601 g/mol. The summed E-state index contributed by atoms with van der Waals surface area (Å²) in [6, 6.07) is -1.13. The number of nitrogens with one attached hydrogen (secondary N) is 1. The van der Waals surface area contributed by atoms with E-state index in [0.717, 1.165) is 55.9 Å². The fourth-order valence-corrected chi connectivity index (χ4v) is 10.4. The zero-order valence-electron chi connectivity index (χ0n) is 27.3. The number of nitrogens with zero attached hydrogens (tertiary/aromatic N) is 3. The van der Waals surface area contributed by atoms with Gasteiger partial charge in [-0.1, -0.05) is 26.0 Å². The van der Waals surface area contributed by atoms with E-state index in [2.05, 4.69) is 36.4 Å². The number of rotatable bonds is 9. The van der Waals surface area contributed by atoms with Gasteiger partial charge in [-0.3, -0.25) is 4.68 Å². The number of hydrogen-bond donors (Lipinski definition) is 3. The molecule has 0 aliphatic heterocycles. The minimum absolute atomic E-state index is 0.0509. The van der Waals surface area contributed by atoms with E-state index in [9.17, 15) is 19.8 Å². The Kier molecular flexibility index (Phi) is 9.24. The molecular formula is C34H56N4O5. The molecule has 242 valence electrons. The van der Waals surface area contributed by atoms with Crippen LogP contribution in [0.2, 0.25) is 0 Å². The number of aliphatic hydroxyl groups is 1. The van der Waals surface area contributed by atoms with E-state index < -0.39 is 23.7 Å². The quantitative estimate of drug-likeness (QED) is 0.306. The first kappa shape index (κ1) is 32.2. The Bertz CT molecular complexity index is 1150. The summed E-state index contributed by atoms with van der Waals surface area (Å²) in [5, 5.41) is 30.8. The van der Waals surface area contributed by atoms with Gasteiger partial charge < -0.3 is 20.3 Å². The molecule has 9 heteroatoms. The molecule has 5 rings (SSSR count). The fourth-order valence-electron chi connectivity index (χ4n) is 10.4. The maximum atomic E-state index is 12.1. The smallest absolute Gasteiger partial charge is 0.408 e. The van der Waals surface area contributed by atoms with E-state index in [0.29, 0.717) is 28.4 Å². The molecule has 4 aliphatic carbocycles. The van der Waals surface area contributed by atoms with Crippen LogP contribution in [0.5, 0.6) is 0 Å². The molecule has 1 heterocycles. The lowest BCUT2D eigenvalue weighted by atomic mass is 9.44. The third-order valence-corrected chi connectivity index (χ3v) is 12.4. The van der Waals surface area contributed by atoms with Crippen molar-refractivity contribution in [1.82, 2.24) is 20.3 Å². The number of carboxylic acids is 1. The molecule has 4 fully saturated rings. The molecule has 4 aliphatic rings. The minimum atomic E-state index is -1.13. The first-order valence-corrected chi connectivity index (χ1v) is 17.0. The van der Waals surface area contributed by atoms with Crippen LogP contribution < -0.4 is 5.32 Å². The number of aliphatic hydroxyl groups excluding tert-OH is 1. The molecule has 0 bridgehead atoms. The fraction of sp³-hybridized carbons (Fsp3) is 0.882. The molecule has 10 atom stereocenters. The Morgan fingerprint density at radius 3 is 2.53 bits per heavy atom. The van der Waals surface area contributed by atoms with Crippen LogP contribution in [-0.4, -0.2) is 55.0 Å². The second-order valence-electron chi connectivity index (χ2n) is 16.1. The molecular weight excluding hydrogens is 544 g/mol. The van der Waals surface area contributed by atoms with Crippen molar-refractivity contribution in [3.05, 3.63) is 11.9 Å². The second kappa shape index (κ2) is 12.3. The van der Waals surface area contributed by atoms with E-state index in [-0.39, 0.29) is 12.5 Å². The topological polar surface area (TPSA) is 127 Å². The maximum Gasteiger partial charge on any atom is 0.408 e. The molecule has 0 radical (unpaired) electrons. The first-order valence-electron chi connectivity index (χ1n) is 17.0. The van der Waals surface area contributed by atoms with E-state index in [1.165, 1.54) is 44.9 Å². The summed E-state index contributed by atoms with van der Waals surface area (Å²) in [4.78, 5) is 23.8. The number of hydrogen-bond acceptors (Lipinski definition) is 6. The van der Waals surface area contributed by atoms with Gasteiger partial charge in [-0.05, 0) is 138 Å². The second-order valence-corrected chi connectivity index (χ2v) is 16.1. The number of fused-ring (bicyclic) bond motifs is 5. The van der Waals surface area contributed by atoms with Crippen molar-refractivity contribution in [2.75, 3.05) is 0 Å². The lowest BCUT2D eigenvalue weighted by molar-refractivity contribution is -0.139. The van der Waals surface area contributed by atoms with Crippen LogP contribution in [0, 0.1) is 46.3 Å². The summed E-state index contributed by atoms with van der Waals surface area (Å²) < 4.78 is 7.02. The van der Waals surface area contributed by atoms with Gasteiger partial charge in [-0.15, -0.1) is 5.10 Å². The molecule has 0 saturated heterocycles.